The van der Waals surface area contributed by atoms with E-state index in [4.69, 9.17) is 21.1 Å². The van der Waals surface area contributed by atoms with Gasteiger partial charge < -0.3 is 14.8 Å². The minimum atomic E-state index is -4.22. The zero-order valence-corrected chi connectivity index (χ0v) is 25.5. The summed E-state index contributed by atoms with van der Waals surface area (Å²) in [5.74, 6) is 1.17. The lowest BCUT2D eigenvalue weighted by Gasteiger charge is -2.18. The molecule has 1 unspecified atom stereocenters. The van der Waals surface area contributed by atoms with E-state index >= 15 is 0 Å². The zero-order chi connectivity index (χ0) is 30.7. The Morgan fingerprint density at radius 3 is 2.63 bits per heavy atom. The Bertz CT molecular complexity index is 1430. The van der Waals surface area contributed by atoms with Gasteiger partial charge in [-0.1, -0.05) is 17.7 Å². The number of hydrogen-bond acceptors (Lipinski definition) is 8. The highest BCUT2D eigenvalue weighted by Crippen LogP contribution is 2.59. The Morgan fingerprint density at radius 2 is 1.93 bits per heavy atom. The Labute approximate surface area is 257 Å². The Morgan fingerprint density at radius 1 is 1.14 bits per heavy atom. The summed E-state index contributed by atoms with van der Waals surface area (Å²) >= 11 is 7.34. The van der Waals surface area contributed by atoms with Crippen LogP contribution in [-0.2, 0) is 0 Å². The highest BCUT2D eigenvalue weighted by molar-refractivity contribution is 7.97. The van der Waals surface area contributed by atoms with Crippen molar-refractivity contribution >= 4 is 29.5 Å². The lowest BCUT2D eigenvalue weighted by Crippen LogP contribution is -2.31. The van der Waals surface area contributed by atoms with E-state index in [9.17, 15) is 18.0 Å². The van der Waals surface area contributed by atoms with Gasteiger partial charge in [0.1, 0.15) is 10.2 Å². The number of amides is 1. The van der Waals surface area contributed by atoms with E-state index in [1.54, 1.807) is 24.4 Å². The van der Waals surface area contributed by atoms with E-state index in [2.05, 4.69) is 39.0 Å². The fourth-order valence-corrected chi connectivity index (χ4v) is 5.96. The normalized spacial score (nSPS) is 18.8. The molecule has 1 aliphatic heterocycles. The van der Waals surface area contributed by atoms with Crippen LogP contribution in [0, 0.1) is 11.3 Å². The Kier molecular flexibility index (Phi) is 9.43. The molecule has 1 amide bonds. The van der Waals surface area contributed by atoms with Gasteiger partial charge >= 0.3 is 6.18 Å². The van der Waals surface area contributed by atoms with Crippen LogP contribution in [0.1, 0.15) is 62.7 Å². The van der Waals surface area contributed by atoms with Crippen molar-refractivity contribution in [2.75, 3.05) is 19.8 Å². The van der Waals surface area contributed by atoms with Crippen LogP contribution < -0.4 is 19.5 Å². The number of aromatic nitrogens is 4. The number of alkyl halides is 3. The van der Waals surface area contributed by atoms with Crippen molar-refractivity contribution < 1.29 is 27.4 Å². The lowest BCUT2D eigenvalue weighted by atomic mass is 9.94. The molecule has 1 saturated carbocycles. The first-order chi connectivity index (χ1) is 20.4. The summed E-state index contributed by atoms with van der Waals surface area (Å²) in [4.78, 5) is 21.5. The van der Waals surface area contributed by atoms with Gasteiger partial charge in [-0.2, -0.15) is 13.2 Å². The highest BCUT2D eigenvalue weighted by atomic mass is 35.5. The molecule has 43 heavy (non-hydrogen) atoms. The summed E-state index contributed by atoms with van der Waals surface area (Å²) in [5, 5.41) is 8.25. The molecule has 2 N–H and O–H groups in total. The van der Waals surface area contributed by atoms with Crippen LogP contribution in [0.15, 0.2) is 47.6 Å². The smallest absolute Gasteiger partial charge is 0.394 e. The molecule has 232 valence electrons. The molecule has 2 aliphatic rings. The molecular formula is C29H34ClF3N6O3S. The topological polar surface area (TPSA) is 103 Å². The average Bonchev–Trinajstić information content (AvgIpc) is 3.48. The van der Waals surface area contributed by atoms with Gasteiger partial charge in [-0.3, -0.25) is 9.52 Å². The summed E-state index contributed by atoms with van der Waals surface area (Å²) < 4.78 is 54.6. The molecule has 4 heterocycles. The summed E-state index contributed by atoms with van der Waals surface area (Å²) in [7, 11) is 0. The minimum absolute atomic E-state index is 0.0414. The number of pyridine rings is 2. The van der Waals surface area contributed by atoms with Crippen molar-refractivity contribution in [1.29, 1.82) is 0 Å². The fourth-order valence-electron chi connectivity index (χ4n) is 5.14. The van der Waals surface area contributed by atoms with E-state index in [0.29, 0.717) is 29.2 Å². The highest BCUT2D eigenvalue weighted by Gasteiger charge is 2.62. The maximum Gasteiger partial charge on any atom is 0.394 e. The summed E-state index contributed by atoms with van der Waals surface area (Å²) in [6.45, 7) is 5.96. The van der Waals surface area contributed by atoms with Gasteiger partial charge in [-0.05, 0) is 83.0 Å². The maximum absolute atomic E-state index is 13.1. The molecule has 9 nitrogen and oxygen atoms in total. The third kappa shape index (κ3) is 8.12. The maximum atomic E-state index is 13.1. The van der Waals surface area contributed by atoms with Crippen LogP contribution in [0.5, 0.6) is 11.8 Å². The number of nitrogens with one attached hydrogen (secondary N) is 2. The van der Waals surface area contributed by atoms with Gasteiger partial charge in [0.15, 0.2) is 5.82 Å². The zero-order valence-electron chi connectivity index (χ0n) is 23.9. The molecule has 0 spiro atoms. The quantitative estimate of drug-likeness (QED) is 0.126. The van der Waals surface area contributed by atoms with Gasteiger partial charge in [-0.15, -0.1) is 5.10 Å². The third-order valence-corrected chi connectivity index (χ3v) is 8.80. The molecule has 2 fully saturated rings. The molecule has 1 atom stereocenters. The van der Waals surface area contributed by atoms with Crippen molar-refractivity contribution in [3.05, 3.63) is 53.3 Å². The van der Waals surface area contributed by atoms with Gasteiger partial charge in [0.05, 0.1) is 24.2 Å². The lowest BCUT2D eigenvalue weighted by molar-refractivity contribution is -0.190. The van der Waals surface area contributed by atoms with Crippen LogP contribution in [0.2, 0.25) is 5.15 Å². The number of carbonyl (C=O) groups excluding carboxylic acids is 1. The molecule has 1 saturated heterocycles. The second-order valence-corrected chi connectivity index (χ2v) is 12.8. The Balaban J connectivity index is 1.08. The molecule has 3 aromatic heterocycles. The Hall–Kier alpha value is -3.03. The average molecular weight is 639 g/mol. The molecule has 0 radical (unpaired) electrons. The monoisotopic (exact) mass is 638 g/mol. The summed E-state index contributed by atoms with van der Waals surface area (Å²) in [5.41, 5.74) is -1.27. The first kappa shape index (κ1) is 31.4. The molecule has 0 aromatic carbocycles. The minimum Gasteiger partial charge on any atom is -0.478 e. The molecule has 0 bridgehead atoms. The van der Waals surface area contributed by atoms with Crippen molar-refractivity contribution in [3.8, 4) is 17.6 Å². The number of rotatable bonds is 13. The number of ether oxygens (including phenoxy) is 2. The SMILES string of the molecule is CC1(C)CC(CCCOc2cccc(SNC(=O)c3ccc(-n4ccc(OCCC5(C(F)(F)F)CC5)n4)nc3Cl)n2)CN1. The van der Waals surface area contributed by atoms with Crippen LogP contribution in [-0.4, -0.2) is 57.1 Å². The standard InChI is InChI=1S/C29H34ClF3N6O3S/c1-27(2)17-19(18-34-27)5-4-15-41-22-6-3-7-24(36-22)43-38-26(40)20-8-9-21(35-25(20)30)39-14-10-23(37-39)42-16-13-28(11-12-28)29(31,32)33/h3,6-10,14,19,34H,4-5,11-13,15-18H2,1-2H3,(H,38,40). The number of halogens is 4. The predicted molar refractivity (Wildman–Crippen MR) is 157 cm³/mol. The van der Waals surface area contributed by atoms with Crippen LogP contribution in [0.4, 0.5) is 13.2 Å². The van der Waals surface area contributed by atoms with Crippen molar-refractivity contribution in [2.45, 2.75) is 69.1 Å². The van der Waals surface area contributed by atoms with Gasteiger partial charge in [0.25, 0.3) is 5.91 Å². The number of carbonyl (C=O) groups is 1. The van der Waals surface area contributed by atoms with Crippen LogP contribution >= 0.6 is 23.5 Å². The van der Waals surface area contributed by atoms with Crippen molar-refractivity contribution in [2.24, 2.45) is 11.3 Å². The molecule has 5 rings (SSSR count). The second kappa shape index (κ2) is 12.9. The number of nitrogens with zero attached hydrogens (tertiary/aromatic N) is 4. The fraction of sp³-hybridized carbons (Fsp3) is 0.517. The van der Waals surface area contributed by atoms with Gasteiger partial charge in [-0.25, -0.2) is 14.6 Å². The van der Waals surface area contributed by atoms with E-state index in [0.717, 1.165) is 37.8 Å². The summed E-state index contributed by atoms with van der Waals surface area (Å²) in [6, 6.07) is 9.95. The first-order valence-electron chi connectivity index (χ1n) is 14.2. The second-order valence-electron chi connectivity index (χ2n) is 11.7. The van der Waals surface area contributed by atoms with Crippen LogP contribution in [0.25, 0.3) is 5.82 Å². The van der Waals surface area contributed by atoms with E-state index in [1.807, 2.05) is 6.07 Å². The third-order valence-electron chi connectivity index (χ3n) is 7.78. The van der Waals surface area contributed by atoms with Gasteiger partial charge in [0, 0.05) is 35.8 Å². The largest absolute Gasteiger partial charge is 0.478 e. The summed E-state index contributed by atoms with van der Waals surface area (Å²) in [6.07, 6.45) is 0.671. The van der Waals surface area contributed by atoms with E-state index < -0.39 is 17.5 Å². The molecular weight excluding hydrogens is 605 g/mol. The first-order valence-corrected chi connectivity index (χ1v) is 15.4. The van der Waals surface area contributed by atoms with E-state index in [1.165, 1.54) is 16.8 Å². The number of hydrogen-bond donors (Lipinski definition) is 2. The van der Waals surface area contributed by atoms with Gasteiger partial charge in [0.2, 0.25) is 11.8 Å². The molecule has 14 heteroatoms. The van der Waals surface area contributed by atoms with E-state index in [-0.39, 0.29) is 48.0 Å². The predicted octanol–water partition coefficient (Wildman–Crippen LogP) is 6.41. The molecule has 1 aliphatic carbocycles. The van der Waals surface area contributed by atoms with Crippen molar-refractivity contribution in [3.63, 3.8) is 0 Å². The van der Waals surface area contributed by atoms with Crippen LogP contribution in [0.3, 0.4) is 0 Å². The van der Waals surface area contributed by atoms with Crippen molar-refractivity contribution in [1.82, 2.24) is 29.8 Å². The molecule has 3 aromatic rings.